The molecule has 0 aromatic heterocycles. The third-order valence-electron chi connectivity index (χ3n) is 3.39. The van der Waals surface area contributed by atoms with Gasteiger partial charge in [-0.25, -0.2) is 4.39 Å². The Bertz CT molecular complexity index is 827. The van der Waals surface area contributed by atoms with Gasteiger partial charge in [0.15, 0.2) is 0 Å². The van der Waals surface area contributed by atoms with Gasteiger partial charge in [-0.15, -0.1) is 0 Å². The van der Waals surface area contributed by atoms with Crippen LogP contribution in [0.3, 0.4) is 0 Å². The standard InChI is InChI=1S/C20H15ClFNO/c1-14(15-2-4-16(21)5-3-15)23-18-8-12-20(13-9-18)24-19-10-6-17(22)7-11-19/h2-13,23H,1H2. The molecular formula is C20H15ClFNO. The van der Waals surface area contributed by atoms with Gasteiger partial charge in [0.2, 0.25) is 0 Å². The van der Waals surface area contributed by atoms with Crippen molar-refractivity contribution < 1.29 is 9.13 Å². The van der Waals surface area contributed by atoms with Crippen LogP contribution in [0.5, 0.6) is 11.5 Å². The van der Waals surface area contributed by atoms with Gasteiger partial charge in [-0.05, 0) is 66.2 Å². The van der Waals surface area contributed by atoms with Crippen molar-refractivity contribution in [3.63, 3.8) is 0 Å². The molecule has 0 amide bonds. The molecule has 0 aliphatic heterocycles. The molecule has 4 heteroatoms. The van der Waals surface area contributed by atoms with E-state index >= 15 is 0 Å². The summed E-state index contributed by atoms with van der Waals surface area (Å²) < 4.78 is 18.5. The topological polar surface area (TPSA) is 21.3 Å². The first-order chi connectivity index (χ1) is 11.6. The quantitative estimate of drug-likeness (QED) is 0.584. The molecule has 1 N–H and O–H groups in total. The van der Waals surface area contributed by atoms with Crippen molar-refractivity contribution in [1.29, 1.82) is 0 Å². The molecule has 0 unspecified atom stereocenters. The molecule has 0 spiro atoms. The molecule has 0 saturated carbocycles. The van der Waals surface area contributed by atoms with E-state index in [0.29, 0.717) is 16.5 Å². The molecule has 2 nitrogen and oxygen atoms in total. The maximum absolute atomic E-state index is 12.9. The van der Waals surface area contributed by atoms with Crippen LogP contribution in [0.4, 0.5) is 10.1 Å². The van der Waals surface area contributed by atoms with E-state index in [-0.39, 0.29) is 5.82 Å². The molecule has 0 aliphatic rings. The maximum Gasteiger partial charge on any atom is 0.127 e. The predicted octanol–water partition coefficient (Wildman–Crippen LogP) is 6.35. The van der Waals surface area contributed by atoms with Crippen LogP contribution in [0.1, 0.15) is 5.56 Å². The highest BCUT2D eigenvalue weighted by Gasteiger charge is 2.02. The van der Waals surface area contributed by atoms with Crippen molar-refractivity contribution in [1.82, 2.24) is 0 Å². The summed E-state index contributed by atoms with van der Waals surface area (Å²) in [6.07, 6.45) is 0. The van der Waals surface area contributed by atoms with E-state index in [1.54, 1.807) is 12.1 Å². The zero-order valence-electron chi connectivity index (χ0n) is 12.8. The Morgan fingerprint density at radius 1 is 0.833 bits per heavy atom. The van der Waals surface area contributed by atoms with Crippen LogP contribution in [0.25, 0.3) is 5.70 Å². The summed E-state index contributed by atoms with van der Waals surface area (Å²) in [5.74, 6) is 0.967. The van der Waals surface area contributed by atoms with Gasteiger partial charge in [-0.3, -0.25) is 0 Å². The van der Waals surface area contributed by atoms with Crippen LogP contribution in [0.2, 0.25) is 5.02 Å². The number of hydrogen-bond acceptors (Lipinski definition) is 2. The number of nitrogens with one attached hydrogen (secondary N) is 1. The second-order valence-corrected chi connectivity index (χ2v) is 5.63. The second-order valence-electron chi connectivity index (χ2n) is 5.19. The predicted molar refractivity (Wildman–Crippen MR) is 97.0 cm³/mol. The van der Waals surface area contributed by atoms with Crippen LogP contribution in [0.15, 0.2) is 79.4 Å². The van der Waals surface area contributed by atoms with Crippen molar-refractivity contribution in [3.05, 3.63) is 95.8 Å². The van der Waals surface area contributed by atoms with E-state index < -0.39 is 0 Å². The Kier molecular flexibility index (Phi) is 4.82. The number of ether oxygens (including phenoxy) is 1. The van der Waals surface area contributed by atoms with Gasteiger partial charge in [-0.1, -0.05) is 30.3 Å². The molecule has 24 heavy (non-hydrogen) atoms. The Balaban J connectivity index is 1.64. The first-order valence-electron chi connectivity index (χ1n) is 7.35. The van der Waals surface area contributed by atoms with E-state index in [0.717, 1.165) is 16.9 Å². The lowest BCUT2D eigenvalue weighted by Crippen LogP contribution is -1.97. The molecule has 0 aliphatic carbocycles. The third kappa shape index (κ3) is 4.15. The molecule has 0 heterocycles. The minimum atomic E-state index is -0.289. The van der Waals surface area contributed by atoms with Crippen LogP contribution in [0, 0.1) is 5.82 Å². The zero-order chi connectivity index (χ0) is 16.9. The van der Waals surface area contributed by atoms with E-state index in [9.17, 15) is 4.39 Å². The Labute approximate surface area is 145 Å². The van der Waals surface area contributed by atoms with Crippen molar-refractivity contribution in [2.75, 3.05) is 5.32 Å². The van der Waals surface area contributed by atoms with Gasteiger partial charge in [0.1, 0.15) is 17.3 Å². The number of benzene rings is 3. The summed E-state index contributed by atoms with van der Waals surface area (Å²) in [5.41, 5.74) is 2.63. The van der Waals surface area contributed by atoms with E-state index in [4.69, 9.17) is 16.3 Å². The van der Waals surface area contributed by atoms with E-state index in [2.05, 4.69) is 11.9 Å². The van der Waals surface area contributed by atoms with Crippen LogP contribution >= 0.6 is 11.6 Å². The van der Waals surface area contributed by atoms with Crippen molar-refractivity contribution in [2.45, 2.75) is 0 Å². The van der Waals surface area contributed by atoms with Gasteiger partial charge in [0.05, 0.1) is 0 Å². The molecular weight excluding hydrogens is 325 g/mol. The average molecular weight is 340 g/mol. The molecule has 0 saturated heterocycles. The van der Waals surface area contributed by atoms with Crippen molar-refractivity contribution >= 4 is 23.0 Å². The van der Waals surface area contributed by atoms with E-state index in [1.807, 2.05) is 48.5 Å². The second kappa shape index (κ2) is 7.20. The molecule has 3 rings (SSSR count). The fourth-order valence-corrected chi connectivity index (χ4v) is 2.27. The molecule has 0 atom stereocenters. The monoisotopic (exact) mass is 339 g/mol. The van der Waals surface area contributed by atoms with E-state index in [1.165, 1.54) is 12.1 Å². The van der Waals surface area contributed by atoms with Gasteiger partial charge in [0, 0.05) is 16.4 Å². The fourth-order valence-electron chi connectivity index (χ4n) is 2.14. The lowest BCUT2D eigenvalue weighted by molar-refractivity contribution is 0.480. The Hall–Kier alpha value is -2.78. The number of rotatable bonds is 5. The maximum atomic E-state index is 12.9. The summed E-state index contributed by atoms with van der Waals surface area (Å²) in [4.78, 5) is 0. The highest BCUT2D eigenvalue weighted by molar-refractivity contribution is 6.30. The number of halogens is 2. The largest absolute Gasteiger partial charge is 0.457 e. The molecule has 0 radical (unpaired) electrons. The summed E-state index contributed by atoms with van der Waals surface area (Å²) >= 11 is 5.88. The van der Waals surface area contributed by atoms with Crippen LogP contribution in [-0.2, 0) is 0 Å². The molecule has 3 aromatic rings. The normalized spacial score (nSPS) is 10.2. The highest BCUT2D eigenvalue weighted by Crippen LogP contribution is 2.25. The molecule has 0 bridgehead atoms. The average Bonchev–Trinajstić information content (AvgIpc) is 2.59. The van der Waals surface area contributed by atoms with Gasteiger partial charge >= 0.3 is 0 Å². The SMILES string of the molecule is C=C(Nc1ccc(Oc2ccc(F)cc2)cc1)c1ccc(Cl)cc1. The molecule has 120 valence electrons. The molecule has 0 fully saturated rings. The minimum Gasteiger partial charge on any atom is -0.457 e. The number of hydrogen-bond donors (Lipinski definition) is 1. The van der Waals surface area contributed by atoms with Gasteiger partial charge in [-0.2, -0.15) is 0 Å². The zero-order valence-corrected chi connectivity index (χ0v) is 13.6. The van der Waals surface area contributed by atoms with Gasteiger partial charge < -0.3 is 10.1 Å². The lowest BCUT2D eigenvalue weighted by atomic mass is 10.1. The minimum absolute atomic E-state index is 0.289. The summed E-state index contributed by atoms with van der Waals surface area (Å²) in [6.45, 7) is 4.03. The van der Waals surface area contributed by atoms with Crippen molar-refractivity contribution in [2.24, 2.45) is 0 Å². The van der Waals surface area contributed by atoms with Crippen molar-refractivity contribution in [3.8, 4) is 11.5 Å². The van der Waals surface area contributed by atoms with Gasteiger partial charge in [0.25, 0.3) is 0 Å². The fraction of sp³-hybridized carbons (Fsp3) is 0. The summed E-state index contributed by atoms with van der Waals surface area (Å²) in [7, 11) is 0. The lowest BCUT2D eigenvalue weighted by Gasteiger charge is -2.11. The highest BCUT2D eigenvalue weighted by atomic mass is 35.5. The number of anilines is 1. The Morgan fingerprint density at radius 3 is 1.96 bits per heavy atom. The first kappa shape index (κ1) is 16.1. The molecule has 3 aromatic carbocycles. The Morgan fingerprint density at radius 2 is 1.38 bits per heavy atom. The van der Waals surface area contributed by atoms with Crippen LogP contribution < -0.4 is 10.1 Å². The van der Waals surface area contributed by atoms with Crippen LogP contribution in [-0.4, -0.2) is 0 Å². The summed E-state index contributed by atoms with van der Waals surface area (Å²) in [5, 5.41) is 3.92. The first-order valence-corrected chi connectivity index (χ1v) is 7.73. The summed E-state index contributed by atoms with van der Waals surface area (Å²) in [6, 6.07) is 20.8. The smallest absolute Gasteiger partial charge is 0.127 e. The third-order valence-corrected chi connectivity index (χ3v) is 3.64.